The third-order valence-corrected chi connectivity index (χ3v) is 2.30. The Hall–Kier alpha value is -1.67. The highest BCUT2D eigenvalue weighted by atomic mass is 16.2. The van der Waals surface area contributed by atoms with Gasteiger partial charge in [0.1, 0.15) is 0 Å². The van der Waals surface area contributed by atoms with Crippen LogP contribution in [-0.4, -0.2) is 42.3 Å². The molecule has 0 aliphatic rings. The fourth-order valence-corrected chi connectivity index (χ4v) is 1.52. The normalized spacial score (nSPS) is 10.3. The van der Waals surface area contributed by atoms with Gasteiger partial charge in [0.15, 0.2) is 0 Å². The lowest BCUT2D eigenvalue weighted by molar-refractivity contribution is -0.122. The van der Waals surface area contributed by atoms with Crippen LogP contribution in [-0.2, 0) is 14.4 Å². The second kappa shape index (κ2) is 9.37. The molecule has 0 aliphatic heterocycles. The molecule has 3 amide bonds. The molecular formula is C10H21N5O3. The van der Waals surface area contributed by atoms with Gasteiger partial charge in [-0.3, -0.25) is 24.7 Å². The summed E-state index contributed by atoms with van der Waals surface area (Å²) < 4.78 is 0. The van der Waals surface area contributed by atoms with Crippen LogP contribution in [0.4, 0.5) is 0 Å². The van der Waals surface area contributed by atoms with Crippen molar-refractivity contribution in [3.8, 4) is 0 Å². The van der Waals surface area contributed by atoms with Gasteiger partial charge in [0.05, 0.1) is 13.1 Å². The lowest BCUT2D eigenvalue weighted by Crippen LogP contribution is -2.40. The van der Waals surface area contributed by atoms with Crippen molar-refractivity contribution in [3.63, 3.8) is 0 Å². The molecule has 18 heavy (non-hydrogen) atoms. The molecule has 0 aliphatic carbocycles. The average Bonchev–Trinajstić information content (AvgIpc) is 2.26. The number of nitrogens with two attached hydrogens (primary N) is 3. The van der Waals surface area contributed by atoms with Crippen molar-refractivity contribution >= 4 is 17.7 Å². The highest BCUT2D eigenvalue weighted by molar-refractivity contribution is 5.79. The topological polar surface area (TPSA) is 145 Å². The number of nitrogens with one attached hydrogen (secondary N) is 1. The first-order chi connectivity index (χ1) is 8.45. The van der Waals surface area contributed by atoms with Crippen molar-refractivity contribution in [1.29, 1.82) is 0 Å². The Balaban J connectivity index is 3.78. The number of carbonyl (C=O) groups excluding carboxylic acids is 3. The summed E-state index contributed by atoms with van der Waals surface area (Å²) in [6.45, 7) is 0.550. The van der Waals surface area contributed by atoms with E-state index in [0.29, 0.717) is 19.4 Å². The zero-order chi connectivity index (χ0) is 14.0. The molecule has 0 rings (SSSR count). The van der Waals surface area contributed by atoms with Crippen LogP contribution >= 0.6 is 0 Å². The summed E-state index contributed by atoms with van der Waals surface area (Å²) in [5, 5.41) is 0. The zero-order valence-corrected chi connectivity index (χ0v) is 10.4. The van der Waals surface area contributed by atoms with Crippen LogP contribution in [0.1, 0.15) is 25.7 Å². The average molecular weight is 259 g/mol. The molecular weight excluding hydrogens is 238 g/mol. The van der Waals surface area contributed by atoms with E-state index in [1.807, 2.05) is 5.43 Å². The van der Waals surface area contributed by atoms with Gasteiger partial charge in [-0.05, 0) is 19.4 Å². The quantitative estimate of drug-likeness (QED) is 0.152. The van der Waals surface area contributed by atoms with E-state index in [1.165, 1.54) is 0 Å². The van der Waals surface area contributed by atoms with E-state index in [-0.39, 0.29) is 19.0 Å². The molecule has 0 spiro atoms. The largest absolute Gasteiger partial charge is 0.369 e. The molecule has 0 bridgehead atoms. The maximum atomic E-state index is 10.8. The van der Waals surface area contributed by atoms with Gasteiger partial charge in [0.25, 0.3) is 0 Å². The van der Waals surface area contributed by atoms with Gasteiger partial charge in [0.2, 0.25) is 17.7 Å². The van der Waals surface area contributed by atoms with Crippen molar-refractivity contribution < 1.29 is 14.4 Å². The van der Waals surface area contributed by atoms with Crippen molar-refractivity contribution in [3.05, 3.63) is 0 Å². The number of hydrogen-bond acceptors (Lipinski definition) is 5. The lowest BCUT2D eigenvalue weighted by Gasteiger charge is -2.18. The molecule has 0 saturated heterocycles. The molecule has 104 valence electrons. The van der Waals surface area contributed by atoms with E-state index >= 15 is 0 Å². The molecule has 8 heteroatoms. The number of rotatable bonds is 10. The Bertz CT molecular complexity index is 279. The minimum absolute atomic E-state index is 0.00618. The first-order valence-electron chi connectivity index (χ1n) is 5.74. The molecule has 0 heterocycles. The number of hydrogen-bond donors (Lipinski definition) is 4. The van der Waals surface area contributed by atoms with E-state index < -0.39 is 11.8 Å². The molecule has 0 saturated carbocycles. The molecule has 0 unspecified atom stereocenters. The lowest BCUT2D eigenvalue weighted by atomic mass is 10.2. The monoisotopic (exact) mass is 259 g/mol. The Morgan fingerprint density at radius 3 is 1.94 bits per heavy atom. The third kappa shape index (κ3) is 9.55. The van der Waals surface area contributed by atoms with Gasteiger partial charge in [-0.25, -0.2) is 5.84 Å². The fraction of sp³-hybridized carbons (Fsp3) is 0.700. The summed E-state index contributed by atoms with van der Waals surface area (Å²) in [5.74, 6) is 3.72. The highest BCUT2D eigenvalue weighted by Gasteiger charge is 2.10. The summed E-state index contributed by atoms with van der Waals surface area (Å²) in [4.78, 5) is 34.0. The number of primary amides is 2. The smallest absolute Gasteiger partial charge is 0.233 e. The van der Waals surface area contributed by atoms with Gasteiger partial charge in [0, 0.05) is 6.42 Å². The summed E-state index contributed by atoms with van der Waals surface area (Å²) in [6.07, 6.45) is 2.60. The van der Waals surface area contributed by atoms with Crippen LogP contribution in [0.3, 0.4) is 0 Å². The van der Waals surface area contributed by atoms with Gasteiger partial charge < -0.3 is 11.5 Å². The van der Waals surface area contributed by atoms with Crippen LogP contribution in [0, 0.1) is 0 Å². The van der Waals surface area contributed by atoms with Crippen LogP contribution in [0.25, 0.3) is 0 Å². The number of hydrazine groups is 1. The highest BCUT2D eigenvalue weighted by Crippen LogP contribution is 2.01. The summed E-state index contributed by atoms with van der Waals surface area (Å²) in [6, 6.07) is 0. The second-order valence-electron chi connectivity index (χ2n) is 4.02. The van der Waals surface area contributed by atoms with E-state index in [9.17, 15) is 14.4 Å². The SMILES string of the molecule is NNC(=O)CCCCCN(CC(N)=O)CC(N)=O. The predicted molar refractivity (Wildman–Crippen MR) is 65.6 cm³/mol. The van der Waals surface area contributed by atoms with E-state index in [0.717, 1.165) is 12.8 Å². The van der Waals surface area contributed by atoms with Crippen LogP contribution in [0.5, 0.6) is 0 Å². The van der Waals surface area contributed by atoms with Gasteiger partial charge in [-0.15, -0.1) is 0 Å². The second-order valence-corrected chi connectivity index (χ2v) is 4.02. The van der Waals surface area contributed by atoms with E-state index in [2.05, 4.69) is 0 Å². The molecule has 8 nitrogen and oxygen atoms in total. The number of amides is 3. The molecule has 0 aromatic rings. The van der Waals surface area contributed by atoms with Crippen LogP contribution < -0.4 is 22.7 Å². The molecule has 0 radical (unpaired) electrons. The first kappa shape index (κ1) is 16.3. The van der Waals surface area contributed by atoms with E-state index in [4.69, 9.17) is 17.3 Å². The zero-order valence-electron chi connectivity index (χ0n) is 10.4. The van der Waals surface area contributed by atoms with Crippen molar-refractivity contribution in [2.24, 2.45) is 17.3 Å². The third-order valence-electron chi connectivity index (χ3n) is 2.30. The number of nitrogens with zero attached hydrogens (tertiary/aromatic N) is 1. The maximum Gasteiger partial charge on any atom is 0.233 e. The molecule has 0 fully saturated rings. The predicted octanol–water partition coefficient (Wildman–Crippen LogP) is -2.19. The van der Waals surface area contributed by atoms with Crippen molar-refractivity contribution in [2.45, 2.75) is 25.7 Å². The summed E-state index contributed by atoms with van der Waals surface area (Å²) in [7, 11) is 0. The van der Waals surface area contributed by atoms with Gasteiger partial charge >= 0.3 is 0 Å². The number of carbonyl (C=O) groups is 3. The number of unbranched alkanes of at least 4 members (excludes halogenated alkanes) is 2. The first-order valence-corrected chi connectivity index (χ1v) is 5.74. The van der Waals surface area contributed by atoms with Gasteiger partial charge in [-0.2, -0.15) is 0 Å². The Kier molecular flexibility index (Phi) is 8.50. The Labute approximate surface area is 106 Å². The molecule has 0 aromatic carbocycles. The summed E-state index contributed by atoms with van der Waals surface area (Å²) in [5.41, 5.74) is 12.2. The standard InChI is InChI=1S/C10H21N5O3/c11-8(16)6-15(7-9(12)17)5-3-1-2-4-10(18)14-13/h1-7,13H2,(H2,11,16)(H2,12,17)(H,14,18). The molecule has 0 aromatic heterocycles. The Morgan fingerprint density at radius 2 is 1.50 bits per heavy atom. The van der Waals surface area contributed by atoms with E-state index in [1.54, 1.807) is 4.90 Å². The minimum atomic E-state index is -0.501. The minimum Gasteiger partial charge on any atom is -0.369 e. The van der Waals surface area contributed by atoms with Crippen LogP contribution in [0.2, 0.25) is 0 Å². The van der Waals surface area contributed by atoms with Crippen molar-refractivity contribution in [2.75, 3.05) is 19.6 Å². The van der Waals surface area contributed by atoms with Crippen LogP contribution in [0.15, 0.2) is 0 Å². The maximum absolute atomic E-state index is 10.8. The molecule has 0 atom stereocenters. The summed E-state index contributed by atoms with van der Waals surface area (Å²) >= 11 is 0. The fourth-order valence-electron chi connectivity index (χ4n) is 1.52. The van der Waals surface area contributed by atoms with Crippen molar-refractivity contribution in [1.82, 2.24) is 10.3 Å². The Morgan fingerprint density at radius 1 is 0.944 bits per heavy atom. The molecule has 7 N–H and O–H groups in total. The van der Waals surface area contributed by atoms with Gasteiger partial charge in [-0.1, -0.05) is 6.42 Å².